The average Bonchev–Trinajstić information content (AvgIpc) is 2.57. The van der Waals surface area contributed by atoms with Crippen LogP contribution in [0.5, 0.6) is 5.75 Å². The molecule has 2 rings (SSSR count). The van der Waals surface area contributed by atoms with Crippen LogP contribution in [0.1, 0.15) is 48.8 Å². The lowest BCUT2D eigenvalue weighted by Crippen LogP contribution is -2.27. The van der Waals surface area contributed by atoms with E-state index in [0.29, 0.717) is 12.0 Å². The minimum Gasteiger partial charge on any atom is -0.481 e. The van der Waals surface area contributed by atoms with Crippen molar-refractivity contribution in [2.45, 2.75) is 46.6 Å². The van der Waals surface area contributed by atoms with Crippen molar-refractivity contribution in [1.82, 2.24) is 0 Å². The van der Waals surface area contributed by atoms with Crippen LogP contribution in [0.15, 0.2) is 45.6 Å². The van der Waals surface area contributed by atoms with E-state index in [1.165, 1.54) is 6.07 Å². The van der Waals surface area contributed by atoms with Crippen LogP contribution in [0, 0.1) is 5.41 Å². The molecule has 0 saturated heterocycles. The smallest absolute Gasteiger partial charge is 0.227 e. The quantitative estimate of drug-likeness (QED) is 0.539. The molecule has 0 aliphatic heterocycles. The van der Waals surface area contributed by atoms with Gasteiger partial charge in [-0.05, 0) is 24.1 Å². The number of aldehydes is 1. The molecular weight excluding hydrogens is 348 g/mol. The third kappa shape index (κ3) is 5.16. The van der Waals surface area contributed by atoms with Crippen molar-refractivity contribution in [2.75, 3.05) is 0 Å². The van der Waals surface area contributed by atoms with Crippen molar-refractivity contribution in [3.63, 3.8) is 0 Å². The van der Waals surface area contributed by atoms with E-state index in [4.69, 9.17) is 13.6 Å². The van der Waals surface area contributed by atoms with E-state index in [0.717, 1.165) is 5.56 Å². The van der Waals surface area contributed by atoms with E-state index in [1.54, 1.807) is 0 Å². The predicted molar refractivity (Wildman–Crippen MR) is 103 cm³/mol. The summed E-state index contributed by atoms with van der Waals surface area (Å²) in [7, 11) is -1.39. The second-order valence-electron chi connectivity index (χ2n) is 7.53. The Kier molecular flexibility index (Phi) is 6.56. The first-order valence-electron chi connectivity index (χ1n) is 8.67. The second kappa shape index (κ2) is 8.47. The van der Waals surface area contributed by atoms with E-state index in [9.17, 15) is 9.59 Å². The Morgan fingerprint density at radius 2 is 1.85 bits per heavy atom. The molecule has 0 radical (unpaired) electrons. The molecule has 2 aromatic rings. The molecule has 0 N–H and O–H groups in total. The fraction of sp³-hybridized carbons (Fsp3) is 0.400. The van der Waals surface area contributed by atoms with Crippen molar-refractivity contribution in [3.05, 3.63) is 63.7 Å². The van der Waals surface area contributed by atoms with E-state index in [-0.39, 0.29) is 29.0 Å². The van der Waals surface area contributed by atoms with Crippen LogP contribution in [0.25, 0.3) is 0 Å². The van der Waals surface area contributed by atoms with Crippen LogP contribution in [-0.4, -0.2) is 15.3 Å². The van der Waals surface area contributed by atoms with Crippen molar-refractivity contribution in [1.29, 1.82) is 0 Å². The van der Waals surface area contributed by atoms with E-state index in [2.05, 4.69) is 13.1 Å². The van der Waals surface area contributed by atoms with E-state index >= 15 is 0 Å². The largest absolute Gasteiger partial charge is 0.481 e. The van der Waals surface area contributed by atoms with Crippen LogP contribution in [0.3, 0.4) is 0 Å². The van der Waals surface area contributed by atoms with Gasteiger partial charge in [-0.15, -0.1) is 0 Å². The number of rotatable bonds is 7. The zero-order chi connectivity index (χ0) is 19.3. The van der Waals surface area contributed by atoms with Crippen molar-refractivity contribution in [3.8, 4) is 5.75 Å². The second-order valence-corrected chi connectivity index (χ2v) is 9.90. The van der Waals surface area contributed by atoms with Crippen molar-refractivity contribution >= 4 is 15.3 Å². The summed E-state index contributed by atoms with van der Waals surface area (Å²) in [6.07, 6.45) is 0.112. The first kappa shape index (κ1) is 20.1. The summed E-state index contributed by atoms with van der Waals surface area (Å²) in [5, 5.41) is 0. The zero-order valence-electron chi connectivity index (χ0n) is 15.9. The summed E-state index contributed by atoms with van der Waals surface area (Å²) in [5.41, 5.74) is 0.238. The maximum Gasteiger partial charge on any atom is 0.227 e. The number of carbonyl (C=O) groups is 1. The lowest BCUT2D eigenvalue weighted by Gasteiger charge is -2.31. The van der Waals surface area contributed by atoms with Gasteiger partial charge in [0.25, 0.3) is 0 Å². The highest BCUT2D eigenvalue weighted by Crippen LogP contribution is 2.37. The molecule has 26 heavy (non-hydrogen) atoms. The van der Waals surface area contributed by atoms with Gasteiger partial charge in [-0.3, -0.25) is 9.59 Å². The van der Waals surface area contributed by atoms with Crippen LogP contribution >= 0.6 is 0 Å². The van der Waals surface area contributed by atoms with Gasteiger partial charge >= 0.3 is 0 Å². The first-order valence-corrected chi connectivity index (χ1v) is 11.5. The maximum absolute atomic E-state index is 12.6. The molecule has 1 aromatic carbocycles. The third-order valence-electron chi connectivity index (χ3n) is 3.74. The van der Waals surface area contributed by atoms with Crippen LogP contribution in [-0.2, 0) is 11.0 Å². The minimum absolute atomic E-state index is 0.0675. The van der Waals surface area contributed by atoms with Gasteiger partial charge in [0.05, 0.1) is 0 Å². The average molecular weight is 375 g/mol. The van der Waals surface area contributed by atoms with E-state index in [1.807, 2.05) is 51.1 Å². The molecule has 0 bridgehead atoms. The standard InChI is InChI=1S/C20H26O5Si/c1-20(2,3)19(25-26(4)5)16-11-15(22)18(17(12-21)24-16)23-13-14-9-7-6-8-10-14/h6-12,19,26H,13H2,1-5H3. The maximum atomic E-state index is 12.6. The molecule has 1 atom stereocenters. The molecule has 1 aromatic heterocycles. The number of carbonyl (C=O) groups excluding carboxylic acids is 1. The topological polar surface area (TPSA) is 65.7 Å². The Morgan fingerprint density at radius 3 is 2.38 bits per heavy atom. The summed E-state index contributed by atoms with van der Waals surface area (Å²) in [6.45, 7) is 10.3. The molecule has 1 heterocycles. The monoisotopic (exact) mass is 374 g/mol. The molecule has 1 unspecified atom stereocenters. The summed E-state index contributed by atoms with van der Waals surface area (Å²) in [6, 6.07) is 10.8. The Hall–Kier alpha value is -2.18. The molecule has 6 heteroatoms. The Morgan fingerprint density at radius 1 is 1.19 bits per heavy atom. The third-order valence-corrected chi connectivity index (χ3v) is 4.55. The normalized spacial score (nSPS) is 12.8. The fourth-order valence-corrected chi connectivity index (χ4v) is 3.65. The lowest BCUT2D eigenvalue weighted by molar-refractivity contribution is 0.0620. The Balaban J connectivity index is 2.36. The van der Waals surface area contributed by atoms with Gasteiger partial charge in [-0.25, -0.2) is 0 Å². The van der Waals surface area contributed by atoms with Crippen LogP contribution in [0.2, 0.25) is 13.1 Å². The Bertz CT molecular complexity index is 790. The first-order chi connectivity index (χ1) is 12.2. The summed E-state index contributed by atoms with van der Waals surface area (Å²) in [4.78, 5) is 24.1. The molecule has 0 aliphatic carbocycles. The molecule has 0 saturated carbocycles. The van der Waals surface area contributed by atoms with Gasteiger partial charge in [0, 0.05) is 6.07 Å². The summed E-state index contributed by atoms with van der Waals surface area (Å²) < 4.78 is 17.4. The fourth-order valence-electron chi connectivity index (χ4n) is 2.57. The predicted octanol–water partition coefficient (Wildman–Crippen LogP) is 4.12. The SMILES string of the molecule is C[SiH](C)OC(c1cc(=O)c(OCc2ccccc2)c(C=O)o1)C(C)(C)C. The van der Waals surface area contributed by atoms with Gasteiger partial charge < -0.3 is 13.6 Å². The summed E-state index contributed by atoms with van der Waals surface area (Å²) >= 11 is 0. The zero-order valence-corrected chi connectivity index (χ0v) is 17.1. The molecule has 5 nitrogen and oxygen atoms in total. The highest BCUT2D eigenvalue weighted by Gasteiger charge is 2.31. The summed E-state index contributed by atoms with van der Waals surface area (Å²) in [5.74, 6) is 0.187. The highest BCUT2D eigenvalue weighted by atomic mass is 28.3. The molecule has 0 spiro atoms. The number of hydrogen-bond acceptors (Lipinski definition) is 5. The van der Waals surface area contributed by atoms with E-state index < -0.39 is 15.1 Å². The van der Waals surface area contributed by atoms with Gasteiger partial charge in [-0.2, -0.15) is 0 Å². The molecular formula is C20H26O5Si. The molecule has 0 amide bonds. The number of ether oxygens (including phenoxy) is 1. The Labute approximate surface area is 155 Å². The van der Waals surface area contributed by atoms with Crippen LogP contribution in [0.4, 0.5) is 0 Å². The number of hydrogen-bond donors (Lipinski definition) is 0. The van der Waals surface area contributed by atoms with Gasteiger partial charge in [0.15, 0.2) is 15.3 Å². The molecule has 0 fully saturated rings. The number of benzene rings is 1. The van der Waals surface area contributed by atoms with Gasteiger partial charge in [0.1, 0.15) is 18.5 Å². The van der Waals surface area contributed by atoms with Gasteiger partial charge in [0.2, 0.25) is 16.9 Å². The molecule has 0 aliphatic rings. The van der Waals surface area contributed by atoms with Crippen molar-refractivity contribution < 1.29 is 18.4 Å². The van der Waals surface area contributed by atoms with Crippen LogP contribution < -0.4 is 10.2 Å². The molecule has 140 valence electrons. The highest BCUT2D eigenvalue weighted by molar-refractivity contribution is 6.48. The van der Waals surface area contributed by atoms with Gasteiger partial charge in [-0.1, -0.05) is 51.1 Å². The lowest BCUT2D eigenvalue weighted by atomic mass is 9.87. The van der Waals surface area contributed by atoms with Crippen molar-refractivity contribution in [2.24, 2.45) is 5.41 Å². The minimum atomic E-state index is -1.39.